The summed E-state index contributed by atoms with van der Waals surface area (Å²) in [4.78, 5) is 23.8. The Balaban J connectivity index is 2.53. The van der Waals surface area contributed by atoms with Crippen molar-refractivity contribution >= 4 is 16.7 Å². The molecule has 0 aliphatic rings. The Labute approximate surface area is 110 Å². The van der Waals surface area contributed by atoms with Gasteiger partial charge in [0.1, 0.15) is 0 Å². The van der Waals surface area contributed by atoms with Crippen LogP contribution in [0.2, 0.25) is 0 Å². The first-order valence-corrected chi connectivity index (χ1v) is 5.72. The number of carbonyl (C=O) groups excluding carboxylic acids is 1. The molecule has 0 saturated carbocycles. The van der Waals surface area contributed by atoms with Crippen LogP contribution in [0.4, 0.5) is 0 Å². The van der Waals surface area contributed by atoms with Crippen molar-refractivity contribution in [2.75, 3.05) is 0 Å². The summed E-state index contributed by atoms with van der Waals surface area (Å²) in [5.41, 5.74) is -0.961. The lowest BCUT2D eigenvalue weighted by atomic mass is 10.1. The topological polar surface area (TPSA) is 74.8 Å². The molecule has 0 radical (unpaired) electrons. The van der Waals surface area contributed by atoms with Crippen molar-refractivity contribution < 1.29 is 4.79 Å². The molecule has 0 aliphatic heterocycles. The average molecular weight is 255 g/mol. The van der Waals surface area contributed by atoms with Crippen LogP contribution >= 0.6 is 0 Å². The molecule has 2 N–H and O–H groups in total. The Morgan fingerprint density at radius 2 is 2.00 bits per heavy atom. The number of benzene rings is 1. The highest BCUT2D eigenvalue weighted by Crippen LogP contribution is 2.13. The third-order valence-corrected chi connectivity index (χ3v) is 2.70. The summed E-state index contributed by atoms with van der Waals surface area (Å²) < 4.78 is 0. The predicted octanol–water partition coefficient (Wildman–Crippen LogP) is 1.06. The van der Waals surface area contributed by atoms with E-state index in [1.165, 1.54) is 0 Å². The Kier molecular flexibility index (Phi) is 3.09. The van der Waals surface area contributed by atoms with Crippen molar-refractivity contribution in [2.45, 2.75) is 19.4 Å². The molecule has 1 aromatic carbocycles. The molecule has 1 heterocycles. The molecule has 1 amide bonds. The highest BCUT2D eigenvalue weighted by atomic mass is 16.2. The summed E-state index contributed by atoms with van der Waals surface area (Å²) in [5.74, 6) is 2.05. The van der Waals surface area contributed by atoms with E-state index in [1.807, 2.05) is 0 Å². The number of fused-ring (bicyclic) bond motifs is 1. The minimum atomic E-state index is -0.782. The molecule has 0 bridgehead atoms. The lowest BCUT2D eigenvalue weighted by molar-refractivity contribution is 0.0925. The molecule has 5 heteroatoms. The normalized spacial score (nSPS) is 11.0. The van der Waals surface area contributed by atoms with Crippen LogP contribution < -0.4 is 10.9 Å². The maximum absolute atomic E-state index is 12.2. The first kappa shape index (κ1) is 12.8. The summed E-state index contributed by atoms with van der Waals surface area (Å²) in [7, 11) is 0. The molecule has 0 saturated heterocycles. The van der Waals surface area contributed by atoms with E-state index in [4.69, 9.17) is 6.42 Å². The van der Waals surface area contributed by atoms with Gasteiger partial charge in [0, 0.05) is 5.39 Å². The summed E-state index contributed by atoms with van der Waals surface area (Å²) in [5, 5.41) is 9.71. The molecule has 96 valence electrons. The molecule has 0 unspecified atom stereocenters. The molecule has 0 aliphatic carbocycles. The fourth-order valence-corrected chi connectivity index (χ4v) is 1.67. The zero-order chi connectivity index (χ0) is 14.0. The number of H-pyrrole nitrogens is 1. The smallest absolute Gasteiger partial charge is 0.273 e. The predicted molar refractivity (Wildman–Crippen MR) is 72.7 cm³/mol. The fraction of sp³-hybridized carbons (Fsp3) is 0.214. The van der Waals surface area contributed by atoms with Crippen LogP contribution in [0.5, 0.6) is 0 Å². The van der Waals surface area contributed by atoms with Crippen LogP contribution in [0.15, 0.2) is 29.1 Å². The molecule has 1 aromatic heterocycles. The van der Waals surface area contributed by atoms with E-state index < -0.39 is 11.4 Å². The number of hydrogen-bond donors (Lipinski definition) is 2. The quantitative estimate of drug-likeness (QED) is 0.788. The van der Waals surface area contributed by atoms with Crippen molar-refractivity contribution in [3.63, 3.8) is 0 Å². The molecule has 0 fully saturated rings. The maximum atomic E-state index is 12.2. The fourth-order valence-electron chi connectivity index (χ4n) is 1.67. The molecular formula is C14H13N3O2. The SMILES string of the molecule is C#CC(C)(C)NC(=O)c1n[nH]c(=O)c2ccccc12. The molecular weight excluding hydrogens is 242 g/mol. The Morgan fingerprint density at radius 3 is 2.63 bits per heavy atom. The van der Waals surface area contributed by atoms with E-state index in [0.717, 1.165) is 0 Å². The van der Waals surface area contributed by atoms with Crippen molar-refractivity contribution in [3.8, 4) is 12.3 Å². The Morgan fingerprint density at radius 1 is 1.37 bits per heavy atom. The molecule has 2 rings (SSSR count). The highest BCUT2D eigenvalue weighted by Gasteiger charge is 2.21. The van der Waals surface area contributed by atoms with Gasteiger partial charge in [0.2, 0.25) is 0 Å². The van der Waals surface area contributed by atoms with Gasteiger partial charge in [0.05, 0.1) is 10.9 Å². The number of terminal acetylenes is 1. The number of aromatic amines is 1. The summed E-state index contributed by atoms with van der Waals surface area (Å²) >= 11 is 0. The van der Waals surface area contributed by atoms with E-state index in [9.17, 15) is 9.59 Å². The minimum Gasteiger partial charge on any atom is -0.335 e. The Hall–Kier alpha value is -2.61. The van der Waals surface area contributed by atoms with E-state index in [-0.39, 0.29) is 11.3 Å². The first-order chi connectivity index (χ1) is 8.94. The van der Waals surface area contributed by atoms with Gasteiger partial charge in [-0.2, -0.15) is 5.10 Å². The largest absolute Gasteiger partial charge is 0.335 e. The van der Waals surface area contributed by atoms with Gasteiger partial charge in [-0.05, 0) is 19.9 Å². The van der Waals surface area contributed by atoms with E-state index >= 15 is 0 Å². The highest BCUT2D eigenvalue weighted by molar-refractivity contribution is 6.05. The molecule has 0 spiro atoms. The third-order valence-electron chi connectivity index (χ3n) is 2.70. The second-order valence-electron chi connectivity index (χ2n) is 4.67. The van der Waals surface area contributed by atoms with Gasteiger partial charge in [-0.3, -0.25) is 9.59 Å². The van der Waals surface area contributed by atoms with Gasteiger partial charge in [0.15, 0.2) is 5.69 Å². The van der Waals surface area contributed by atoms with Gasteiger partial charge in [0.25, 0.3) is 11.5 Å². The molecule has 19 heavy (non-hydrogen) atoms. The van der Waals surface area contributed by atoms with Crippen molar-refractivity contribution in [2.24, 2.45) is 0 Å². The van der Waals surface area contributed by atoms with Crippen LogP contribution in [0.3, 0.4) is 0 Å². The summed E-state index contributed by atoms with van der Waals surface area (Å²) in [6, 6.07) is 6.78. The van der Waals surface area contributed by atoms with Crippen LogP contribution in [0.25, 0.3) is 10.8 Å². The van der Waals surface area contributed by atoms with Crippen molar-refractivity contribution in [1.29, 1.82) is 0 Å². The van der Waals surface area contributed by atoms with Crippen LogP contribution in [0, 0.1) is 12.3 Å². The zero-order valence-electron chi connectivity index (χ0n) is 10.7. The van der Waals surface area contributed by atoms with E-state index in [1.54, 1.807) is 38.1 Å². The lowest BCUT2D eigenvalue weighted by Crippen LogP contribution is -2.42. The summed E-state index contributed by atoms with van der Waals surface area (Å²) in [6.07, 6.45) is 5.33. The first-order valence-electron chi connectivity index (χ1n) is 5.72. The number of aromatic nitrogens is 2. The van der Waals surface area contributed by atoms with Crippen molar-refractivity contribution in [3.05, 3.63) is 40.3 Å². The third kappa shape index (κ3) is 2.47. The van der Waals surface area contributed by atoms with Gasteiger partial charge in [-0.1, -0.05) is 24.1 Å². The number of amides is 1. The Bertz CT molecular complexity index is 738. The van der Waals surface area contributed by atoms with Crippen LogP contribution in [0.1, 0.15) is 24.3 Å². The summed E-state index contributed by atoms with van der Waals surface area (Å²) in [6.45, 7) is 3.41. The second kappa shape index (κ2) is 4.58. The maximum Gasteiger partial charge on any atom is 0.273 e. The monoisotopic (exact) mass is 255 g/mol. The molecule has 0 atom stereocenters. The van der Waals surface area contributed by atoms with Gasteiger partial charge in [-0.25, -0.2) is 5.10 Å². The van der Waals surface area contributed by atoms with E-state index in [2.05, 4.69) is 21.4 Å². The van der Waals surface area contributed by atoms with Crippen molar-refractivity contribution in [1.82, 2.24) is 15.5 Å². The van der Waals surface area contributed by atoms with Crippen LogP contribution in [-0.4, -0.2) is 21.6 Å². The van der Waals surface area contributed by atoms with Crippen LogP contribution in [-0.2, 0) is 0 Å². The number of nitrogens with one attached hydrogen (secondary N) is 2. The zero-order valence-corrected chi connectivity index (χ0v) is 10.7. The number of rotatable bonds is 2. The minimum absolute atomic E-state index is 0.151. The standard InChI is InChI=1S/C14H13N3O2/c1-4-14(2,3)15-13(19)11-9-7-5-6-8-10(9)12(18)17-16-11/h1,5-8H,2-3H3,(H,15,19)(H,17,18). The number of nitrogens with zero attached hydrogens (tertiary/aromatic N) is 1. The molecule has 5 nitrogen and oxygen atoms in total. The average Bonchev–Trinajstić information content (AvgIpc) is 2.39. The molecule has 2 aromatic rings. The van der Waals surface area contributed by atoms with Gasteiger partial charge in [-0.15, -0.1) is 6.42 Å². The van der Waals surface area contributed by atoms with Gasteiger partial charge >= 0.3 is 0 Å². The number of hydrogen-bond acceptors (Lipinski definition) is 3. The lowest BCUT2D eigenvalue weighted by Gasteiger charge is -2.19. The number of carbonyl (C=O) groups is 1. The van der Waals surface area contributed by atoms with Gasteiger partial charge < -0.3 is 5.32 Å². The second-order valence-corrected chi connectivity index (χ2v) is 4.67. The van der Waals surface area contributed by atoms with E-state index in [0.29, 0.717) is 10.8 Å².